The quantitative estimate of drug-likeness (QED) is 0.420. The van der Waals surface area contributed by atoms with Gasteiger partial charge in [-0.15, -0.1) is 0 Å². The number of hydrogen-bond donors (Lipinski definition) is 2. The van der Waals surface area contributed by atoms with Gasteiger partial charge in [-0.1, -0.05) is 0 Å². The maximum absolute atomic E-state index is 8.62. The minimum atomic E-state index is -1.42. The van der Waals surface area contributed by atoms with Gasteiger partial charge in [0.15, 0.2) is 0 Å². The Morgan fingerprint density at radius 2 is 1.84 bits per heavy atom. The van der Waals surface area contributed by atoms with Crippen LogP contribution < -0.4 is 0 Å². The molecule has 19 heavy (non-hydrogen) atoms. The van der Waals surface area contributed by atoms with E-state index >= 15 is 0 Å². The fourth-order valence-electron chi connectivity index (χ4n) is 1.53. The third kappa shape index (κ3) is 7.17. The van der Waals surface area contributed by atoms with E-state index in [1.54, 1.807) is 0 Å². The van der Waals surface area contributed by atoms with Crippen molar-refractivity contribution in [2.24, 2.45) is 0 Å². The Labute approximate surface area is 119 Å². The molecular formula is C12H25N2O4P. The molecule has 0 fully saturated rings. The normalized spacial score (nSPS) is 14.9. The summed E-state index contributed by atoms with van der Waals surface area (Å²) in [6.07, 6.45) is -0.283. The molecule has 0 aliphatic heterocycles. The smallest absolute Gasteiger partial charge is 0.259 e. The van der Waals surface area contributed by atoms with Gasteiger partial charge in [-0.2, -0.15) is 5.26 Å². The fourth-order valence-corrected chi connectivity index (χ4v) is 3.21. The lowest BCUT2D eigenvalue weighted by Crippen LogP contribution is -2.35. The molecule has 0 saturated heterocycles. The predicted octanol–water partition coefficient (Wildman–Crippen LogP) is 1.63. The molecule has 0 aromatic heterocycles. The summed E-state index contributed by atoms with van der Waals surface area (Å²) in [7, 11) is -1.42. The molecule has 1 atom stereocenters. The number of aliphatic hydroxyl groups is 2. The lowest BCUT2D eigenvalue weighted by atomic mass is 10.3. The summed E-state index contributed by atoms with van der Waals surface area (Å²) in [4.78, 5) is 0. The third-order valence-electron chi connectivity index (χ3n) is 2.27. The van der Waals surface area contributed by atoms with Gasteiger partial charge in [0, 0.05) is 12.1 Å². The second kappa shape index (κ2) is 10.5. The minimum Gasteiger partial charge on any atom is -0.394 e. The largest absolute Gasteiger partial charge is 0.394 e. The summed E-state index contributed by atoms with van der Waals surface area (Å²) in [6.45, 7) is 8.38. The molecule has 0 aromatic rings. The predicted molar refractivity (Wildman–Crippen MR) is 74.3 cm³/mol. The Hall–Kier alpha value is -0.280. The first-order valence-electron chi connectivity index (χ1n) is 7.20. The first-order valence-corrected chi connectivity index (χ1v) is 7.52. The van der Waals surface area contributed by atoms with E-state index in [2.05, 4.69) is 14.9 Å². The molecule has 0 aromatic carbocycles. The average molecular weight is 294 g/mol. The van der Waals surface area contributed by atoms with Crippen LogP contribution in [0.5, 0.6) is 0 Å². The summed E-state index contributed by atoms with van der Waals surface area (Å²) >= 11 is 0. The second-order valence-corrected chi connectivity index (χ2v) is 6.01. The monoisotopic (exact) mass is 294 g/mol. The van der Waals surface area contributed by atoms with Crippen LogP contribution in [0.1, 0.15) is 34.1 Å². The summed E-state index contributed by atoms with van der Waals surface area (Å²) in [6, 6.07) is 2.40. The highest BCUT2D eigenvalue weighted by molar-refractivity contribution is 7.44. The summed E-state index contributed by atoms with van der Waals surface area (Å²) < 4.78 is 27.2. The fraction of sp³-hybridized carbons (Fsp3) is 0.917. The van der Waals surface area contributed by atoms with E-state index in [4.69, 9.17) is 17.2 Å². The molecule has 6 nitrogen and oxygen atoms in total. The van der Waals surface area contributed by atoms with E-state index in [1.807, 2.05) is 33.8 Å². The Morgan fingerprint density at radius 3 is 2.26 bits per heavy atom. The Bertz CT molecular complexity index is 291. The van der Waals surface area contributed by atoms with Crippen molar-refractivity contribution >= 4 is 8.53 Å². The number of aliphatic hydroxyl groups excluding tert-OH is 2. The van der Waals surface area contributed by atoms with E-state index in [0.717, 1.165) is 0 Å². The average Bonchev–Trinajstić information content (AvgIpc) is 2.38. The van der Waals surface area contributed by atoms with E-state index < -0.39 is 14.6 Å². The first-order chi connectivity index (χ1) is 9.97. The zero-order valence-electron chi connectivity index (χ0n) is 14.0. The molecule has 0 rings (SSSR count). The van der Waals surface area contributed by atoms with Crippen molar-refractivity contribution in [1.29, 1.82) is 8.12 Å². The van der Waals surface area contributed by atoms with Gasteiger partial charge in [-0.3, -0.25) is 0 Å². The van der Waals surface area contributed by atoms with Crippen LogP contribution in [0.2, 0.25) is 0 Å². The van der Waals surface area contributed by atoms with E-state index in [-0.39, 0.29) is 38.3 Å². The molecule has 0 bridgehead atoms. The van der Waals surface area contributed by atoms with Crippen molar-refractivity contribution in [2.75, 3.05) is 19.8 Å². The van der Waals surface area contributed by atoms with Crippen LogP contribution in [0.4, 0.5) is 0 Å². The highest BCUT2D eigenvalue weighted by Crippen LogP contribution is 2.46. The maximum Gasteiger partial charge on any atom is 0.259 e. The van der Waals surface area contributed by atoms with Crippen LogP contribution in [0.3, 0.4) is 0 Å². The SMILES string of the molecule is [2H]OCC(CO[2H])OP(OCCC#N)N(C(C)C)C(C)C. The van der Waals surface area contributed by atoms with Gasteiger partial charge in [0.05, 0.1) is 32.3 Å². The van der Waals surface area contributed by atoms with Gasteiger partial charge in [0.2, 0.25) is 2.86 Å². The van der Waals surface area contributed by atoms with Crippen molar-refractivity contribution in [3.63, 3.8) is 0 Å². The highest BCUT2D eigenvalue weighted by Gasteiger charge is 2.29. The molecule has 0 saturated carbocycles. The molecule has 0 spiro atoms. The molecule has 2 N–H and O–H groups in total. The van der Waals surface area contributed by atoms with Gasteiger partial charge in [-0.25, -0.2) is 4.67 Å². The molecule has 0 amide bonds. The summed E-state index contributed by atoms with van der Waals surface area (Å²) in [5.74, 6) is 0. The highest BCUT2D eigenvalue weighted by atomic mass is 31.2. The lowest BCUT2D eigenvalue weighted by Gasteiger charge is -2.36. The van der Waals surface area contributed by atoms with Crippen molar-refractivity contribution in [3.05, 3.63) is 0 Å². The Balaban J connectivity index is 4.87. The molecule has 0 heterocycles. The molecule has 0 aliphatic rings. The van der Waals surface area contributed by atoms with Crippen molar-refractivity contribution in [3.8, 4) is 6.07 Å². The van der Waals surface area contributed by atoms with Gasteiger partial charge in [-0.05, 0) is 27.7 Å². The van der Waals surface area contributed by atoms with Crippen molar-refractivity contribution in [1.82, 2.24) is 4.67 Å². The standard InChI is InChI=1S/C12H25N2O4P/c1-10(2)14(11(3)4)19(17-7-5-6-13)18-12(8-15)9-16/h10-12,15-16H,5,7-9H2,1-4H3/i15D,16D. The van der Waals surface area contributed by atoms with Crippen LogP contribution in [-0.2, 0) is 9.05 Å². The van der Waals surface area contributed by atoms with Crippen LogP contribution >= 0.6 is 8.53 Å². The Kier molecular flexibility index (Phi) is 8.35. The number of nitrogens with zero attached hydrogens (tertiary/aromatic N) is 2. The van der Waals surface area contributed by atoms with Gasteiger partial charge in [0.1, 0.15) is 6.10 Å². The van der Waals surface area contributed by atoms with Gasteiger partial charge in [0.25, 0.3) is 8.53 Å². The van der Waals surface area contributed by atoms with Crippen LogP contribution in [-0.4, -0.2) is 55.8 Å². The van der Waals surface area contributed by atoms with Crippen molar-refractivity contribution in [2.45, 2.75) is 52.3 Å². The molecule has 0 radical (unpaired) electrons. The van der Waals surface area contributed by atoms with E-state index in [9.17, 15) is 0 Å². The minimum absolute atomic E-state index is 0.0106. The van der Waals surface area contributed by atoms with Gasteiger partial charge < -0.3 is 19.3 Å². The zero-order valence-corrected chi connectivity index (χ0v) is 12.9. The number of nitriles is 1. The van der Waals surface area contributed by atoms with Gasteiger partial charge >= 0.3 is 0 Å². The molecule has 7 heteroatoms. The molecule has 112 valence electrons. The number of rotatable bonds is 12. The molecule has 0 aliphatic carbocycles. The first kappa shape index (κ1) is 15.1. The lowest BCUT2D eigenvalue weighted by molar-refractivity contribution is 0.0451. The topological polar surface area (TPSA) is 86.0 Å². The molecule has 1 unspecified atom stereocenters. The van der Waals surface area contributed by atoms with E-state index in [0.29, 0.717) is 0 Å². The van der Waals surface area contributed by atoms with Crippen molar-refractivity contribution < 1.29 is 19.3 Å². The van der Waals surface area contributed by atoms with Crippen LogP contribution in [0, 0.1) is 11.3 Å². The summed E-state index contributed by atoms with van der Waals surface area (Å²) in [5, 5.41) is 17.3. The van der Waals surface area contributed by atoms with E-state index in [1.165, 1.54) is 0 Å². The second-order valence-electron chi connectivity index (χ2n) is 4.61. The number of hydrogen-bond acceptors (Lipinski definition) is 6. The van der Waals surface area contributed by atoms with Crippen LogP contribution in [0.15, 0.2) is 0 Å². The zero-order chi connectivity index (χ0) is 16.3. The Morgan fingerprint density at radius 1 is 1.26 bits per heavy atom. The third-order valence-corrected chi connectivity index (χ3v) is 4.46. The van der Waals surface area contributed by atoms with Crippen LogP contribution in [0.25, 0.3) is 0 Å². The maximum atomic E-state index is 8.62. The summed E-state index contributed by atoms with van der Waals surface area (Å²) in [5.41, 5.74) is 0. The molecular weight excluding hydrogens is 267 g/mol.